The van der Waals surface area contributed by atoms with E-state index >= 15 is 0 Å². The topological polar surface area (TPSA) is 34.9 Å². The minimum absolute atomic E-state index is 0.0628. The number of benzene rings is 1. The molecule has 0 unspecified atom stereocenters. The van der Waals surface area contributed by atoms with E-state index in [1.165, 1.54) is 0 Å². The van der Waals surface area contributed by atoms with Gasteiger partial charge in [-0.15, -0.1) is 0 Å². The lowest BCUT2D eigenvalue weighted by molar-refractivity contribution is 0.103. The average Bonchev–Trinajstić information content (AvgIpc) is 2.82. The summed E-state index contributed by atoms with van der Waals surface area (Å²) in [5.41, 5.74) is 4.56. The Morgan fingerprint density at radius 1 is 1.09 bits per heavy atom. The van der Waals surface area contributed by atoms with Gasteiger partial charge in [0.05, 0.1) is 5.69 Å². The zero-order valence-electron chi connectivity index (χ0n) is 12.8. The molecule has 1 aromatic carbocycles. The Hall–Kier alpha value is -2.68. The van der Waals surface area contributed by atoms with Crippen LogP contribution in [0.2, 0.25) is 0 Å². The number of aromatic nitrogens is 2. The summed E-state index contributed by atoms with van der Waals surface area (Å²) < 4.78 is 1.99. The molecule has 0 aliphatic carbocycles. The molecule has 0 bridgehead atoms. The van der Waals surface area contributed by atoms with Crippen molar-refractivity contribution in [1.82, 2.24) is 9.55 Å². The Balaban J connectivity index is 1.95. The summed E-state index contributed by atoms with van der Waals surface area (Å²) in [4.78, 5) is 17.1. The lowest BCUT2D eigenvalue weighted by atomic mass is 10.1. The van der Waals surface area contributed by atoms with Gasteiger partial charge in [-0.3, -0.25) is 9.78 Å². The van der Waals surface area contributed by atoms with Crippen LogP contribution in [0.4, 0.5) is 0 Å². The van der Waals surface area contributed by atoms with Gasteiger partial charge in [-0.25, -0.2) is 0 Å². The van der Waals surface area contributed by atoms with Gasteiger partial charge in [-0.1, -0.05) is 36.4 Å². The van der Waals surface area contributed by atoms with Crippen LogP contribution in [0, 0.1) is 6.92 Å². The first-order valence-electron chi connectivity index (χ1n) is 7.31. The third-order valence-electron chi connectivity index (χ3n) is 3.86. The van der Waals surface area contributed by atoms with Gasteiger partial charge in [0.2, 0.25) is 5.78 Å². The fourth-order valence-corrected chi connectivity index (χ4v) is 2.74. The van der Waals surface area contributed by atoms with Gasteiger partial charge < -0.3 is 4.57 Å². The molecule has 0 fully saturated rings. The van der Waals surface area contributed by atoms with Crippen molar-refractivity contribution in [1.29, 1.82) is 0 Å². The van der Waals surface area contributed by atoms with Crippen molar-refractivity contribution in [2.45, 2.75) is 13.3 Å². The molecule has 3 aromatic rings. The molecule has 22 heavy (non-hydrogen) atoms. The van der Waals surface area contributed by atoms with Crippen LogP contribution in [-0.2, 0) is 13.5 Å². The molecule has 0 N–H and O–H groups in total. The predicted molar refractivity (Wildman–Crippen MR) is 87.1 cm³/mol. The highest BCUT2D eigenvalue weighted by molar-refractivity contribution is 6.09. The molecular formula is C19H18N2O. The molecule has 0 aliphatic heterocycles. The lowest BCUT2D eigenvalue weighted by Crippen LogP contribution is -2.10. The number of nitrogens with zero attached hydrogens (tertiary/aromatic N) is 2. The maximum absolute atomic E-state index is 12.7. The minimum atomic E-state index is 0.0628. The highest BCUT2D eigenvalue weighted by Gasteiger charge is 2.18. The number of hydrogen-bond donors (Lipinski definition) is 0. The summed E-state index contributed by atoms with van der Waals surface area (Å²) in [5, 5.41) is 0. The third kappa shape index (κ3) is 2.70. The van der Waals surface area contributed by atoms with Crippen molar-refractivity contribution in [3.63, 3.8) is 0 Å². The molecule has 0 amide bonds. The monoisotopic (exact) mass is 290 g/mol. The first-order chi connectivity index (χ1) is 10.7. The molecule has 0 saturated heterocycles. The number of aryl methyl sites for hydroxylation is 1. The van der Waals surface area contributed by atoms with E-state index in [1.807, 2.05) is 67.1 Å². The SMILES string of the molecule is Cc1cc(Cc2ccccn2)n(C)c1C(=O)c1ccccc1. The normalized spacial score (nSPS) is 10.6. The number of carbonyl (C=O) groups is 1. The second-order valence-corrected chi connectivity index (χ2v) is 5.42. The van der Waals surface area contributed by atoms with Gasteiger partial charge in [0.15, 0.2) is 0 Å². The summed E-state index contributed by atoms with van der Waals surface area (Å²) in [6.45, 7) is 1.98. The van der Waals surface area contributed by atoms with Crippen LogP contribution in [0.3, 0.4) is 0 Å². The van der Waals surface area contributed by atoms with Crippen molar-refractivity contribution in [2.24, 2.45) is 7.05 Å². The molecule has 0 radical (unpaired) electrons. The molecule has 0 saturated carbocycles. The maximum Gasteiger partial charge on any atom is 0.209 e. The second-order valence-electron chi connectivity index (χ2n) is 5.42. The quantitative estimate of drug-likeness (QED) is 0.689. The first kappa shape index (κ1) is 14.3. The standard InChI is InChI=1S/C19H18N2O/c1-14-12-17(13-16-10-6-7-11-20-16)21(2)18(14)19(22)15-8-4-3-5-9-15/h3-12H,13H2,1-2H3. The van der Waals surface area contributed by atoms with Crippen molar-refractivity contribution in [3.8, 4) is 0 Å². The highest BCUT2D eigenvalue weighted by Crippen LogP contribution is 2.20. The molecule has 0 spiro atoms. The summed E-state index contributed by atoms with van der Waals surface area (Å²) in [6, 6.07) is 17.4. The molecule has 2 aromatic heterocycles. The van der Waals surface area contributed by atoms with Crippen LogP contribution in [0.25, 0.3) is 0 Å². The van der Waals surface area contributed by atoms with E-state index in [0.717, 1.165) is 34.6 Å². The molecular weight excluding hydrogens is 272 g/mol. The summed E-state index contributed by atoms with van der Waals surface area (Å²) in [6.07, 6.45) is 2.52. The highest BCUT2D eigenvalue weighted by atomic mass is 16.1. The fraction of sp³-hybridized carbons (Fsp3) is 0.158. The molecule has 3 heteroatoms. The van der Waals surface area contributed by atoms with Gasteiger partial charge in [-0.2, -0.15) is 0 Å². The number of carbonyl (C=O) groups excluding carboxylic acids is 1. The van der Waals surface area contributed by atoms with Crippen LogP contribution in [0.5, 0.6) is 0 Å². The molecule has 0 atom stereocenters. The number of ketones is 1. The zero-order valence-corrected chi connectivity index (χ0v) is 12.8. The van der Waals surface area contributed by atoms with Gasteiger partial charge >= 0.3 is 0 Å². The Morgan fingerprint density at radius 2 is 1.82 bits per heavy atom. The summed E-state index contributed by atoms with van der Waals surface area (Å²) in [7, 11) is 1.95. The lowest BCUT2D eigenvalue weighted by Gasteiger charge is -2.08. The largest absolute Gasteiger partial charge is 0.344 e. The molecule has 3 rings (SSSR count). The zero-order chi connectivity index (χ0) is 15.5. The Kier molecular flexibility index (Phi) is 3.88. The van der Waals surface area contributed by atoms with E-state index in [2.05, 4.69) is 11.1 Å². The van der Waals surface area contributed by atoms with Gasteiger partial charge in [0, 0.05) is 36.6 Å². The Morgan fingerprint density at radius 3 is 2.50 bits per heavy atom. The van der Waals surface area contributed by atoms with Crippen molar-refractivity contribution >= 4 is 5.78 Å². The molecule has 110 valence electrons. The van der Waals surface area contributed by atoms with E-state index in [0.29, 0.717) is 0 Å². The Bertz CT molecular complexity index is 789. The number of rotatable bonds is 4. The van der Waals surface area contributed by atoms with Crippen LogP contribution < -0.4 is 0 Å². The molecule has 2 heterocycles. The molecule has 3 nitrogen and oxygen atoms in total. The van der Waals surface area contributed by atoms with E-state index in [4.69, 9.17) is 0 Å². The summed E-state index contributed by atoms with van der Waals surface area (Å²) >= 11 is 0. The van der Waals surface area contributed by atoms with Gasteiger partial charge in [-0.05, 0) is 30.7 Å². The average molecular weight is 290 g/mol. The van der Waals surface area contributed by atoms with E-state index < -0.39 is 0 Å². The van der Waals surface area contributed by atoms with Crippen molar-refractivity contribution in [3.05, 3.63) is 89.0 Å². The minimum Gasteiger partial charge on any atom is -0.344 e. The fourth-order valence-electron chi connectivity index (χ4n) is 2.74. The Labute approximate surface area is 130 Å². The van der Waals surface area contributed by atoms with Crippen molar-refractivity contribution in [2.75, 3.05) is 0 Å². The van der Waals surface area contributed by atoms with Crippen LogP contribution >= 0.6 is 0 Å². The number of hydrogen-bond acceptors (Lipinski definition) is 2. The van der Waals surface area contributed by atoms with E-state index in [1.54, 1.807) is 6.20 Å². The van der Waals surface area contributed by atoms with Gasteiger partial charge in [0.25, 0.3) is 0 Å². The molecule has 0 aliphatic rings. The predicted octanol–water partition coefficient (Wildman–Crippen LogP) is 3.55. The van der Waals surface area contributed by atoms with Crippen molar-refractivity contribution < 1.29 is 4.79 Å². The second kappa shape index (κ2) is 5.98. The van der Waals surface area contributed by atoms with Crippen LogP contribution in [0.15, 0.2) is 60.8 Å². The maximum atomic E-state index is 12.7. The number of pyridine rings is 1. The van der Waals surface area contributed by atoms with E-state index in [-0.39, 0.29) is 5.78 Å². The van der Waals surface area contributed by atoms with Gasteiger partial charge in [0.1, 0.15) is 0 Å². The third-order valence-corrected chi connectivity index (χ3v) is 3.86. The first-order valence-corrected chi connectivity index (χ1v) is 7.31. The van der Waals surface area contributed by atoms with Crippen LogP contribution in [-0.4, -0.2) is 15.3 Å². The summed E-state index contributed by atoms with van der Waals surface area (Å²) in [5.74, 6) is 0.0628. The van der Waals surface area contributed by atoms with E-state index in [9.17, 15) is 4.79 Å². The smallest absolute Gasteiger partial charge is 0.209 e. The van der Waals surface area contributed by atoms with Crippen LogP contribution in [0.1, 0.15) is 33.0 Å².